The van der Waals surface area contributed by atoms with Crippen molar-refractivity contribution in [2.24, 2.45) is 0 Å². The van der Waals surface area contributed by atoms with Crippen LogP contribution in [0.25, 0.3) is 0 Å². The van der Waals surface area contributed by atoms with E-state index in [0.29, 0.717) is 13.1 Å². The first-order chi connectivity index (χ1) is 18.4. The molecule has 39 heavy (non-hydrogen) atoms. The number of piperidine rings is 1. The number of carboxylic acids is 1. The highest BCUT2D eigenvalue weighted by atomic mass is 16.6. The molecule has 10 nitrogen and oxygen atoms in total. The first kappa shape index (κ1) is 30.5. The minimum Gasteiger partial charge on any atom is -0.490 e. The predicted octanol–water partition coefficient (Wildman–Crippen LogP) is 4.92. The van der Waals surface area contributed by atoms with Crippen molar-refractivity contribution in [3.63, 3.8) is 0 Å². The topological polar surface area (TPSA) is 124 Å². The smallest absolute Gasteiger partial charge is 0.410 e. The summed E-state index contributed by atoms with van der Waals surface area (Å²) in [7, 11) is 0. The number of ether oxygens (including phenoxy) is 4. The van der Waals surface area contributed by atoms with Crippen LogP contribution in [-0.4, -0.2) is 77.3 Å². The molecule has 1 heterocycles. The van der Waals surface area contributed by atoms with Crippen molar-refractivity contribution in [1.29, 1.82) is 0 Å². The monoisotopic (exact) mass is 548 g/mol. The van der Waals surface area contributed by atoms with E-state index in [-0.39, 0.29) is 36.9 Å². The molecule has 1 aromatic carbocycles. The minimum atomic E-state index is -1.13. The van der Waals surface area contributed by atoms with Gasteiger partial charge >= 0.3 is 18.2 Å². The maximum Gasteiger partial charge on any atom is 0.410 e. The minimum absolute atomic E-state index is 0.101. The third-order valence-electron chi connectivity index (χ3n) is 6.70. The number of hydrogen-bond acceptors (Lipinski definition) is 7. The van der Waals surface area contributed by atoms with Crippen LogP contribution in [0.4, 0.5) is 9.59 Å². The Kier molecular flexibility index (Phi) is 10.9. The molecule has 1 saturated heterocycles. The van der Waals surface area contributed by atoms with Gasteiger partial charge in [-0.15, -0.1) is 0 Å². The molecule has 2 N–H and O–H groups in total. The lowest BCUT2D eigenvalue weighted by atomic mass is 9.94. The SMILES string of the molecule is CC(C)OC(=O)N1CCC(O[C@H]2CC[C@H](Oc3ccc(C[C@H](NC(=O)OC(C)(C)C)C(=O)O)cc3)CC2)CC1. The summed E-state index contributed by atoms with van der Waals surface area (Å²) in [5.41, 5.74) is 0.0611. The first-order valence-corrected chi connectivity index (χ1v) is 14.0. The van der Waals surface area contributed by atoms with Gasteiger partial charge in [0.2, 0.25) is 0 Å². The van der Waals surface area contributed by atoms with Gasteiger partial charge in [0.15, 0.2) is 0 Å². The summed E-state index contributed by atoms with van der Waals surface area (Å²) in [5.74, 6) is -0.393. The van der Waals surface area contributed by atoms with E-state index in [4.69, 9.17) is 18.9 Å². The molecule has 1 atom stereocenters. The van der Waals surface area contributed by atoms with E-state index < -0.39 is 23.7 Å². The molecule has 0 bridgehead atoms. The second-order valence-corrected chi connectivity index (χ2v) is 11.7. The van der Waals surface area contributed by atoms with Gasteiger partial charge in [0, 0.05) is 19.5 Å². The lowest BCUT2D eigenvalue weighted by Gasteiger charge is -2.36. The maximum absolute atomic E-state index is 12.1. The van der Waals surface area contributed by atoms with Gasteiger partial charge in [-0.1, -0.05) is 12.1 Å². The number of benzene rings is 1. The zero-order valence-corrected chi connectivity index (χ0v) is 23.8. The highest BCUT2D eigenvalue weighted by Gasteiger charge is 2.29. The zero-order valence-electron chi connectivity index (χ0n) is 23.8. The van der Waals surface area contributed by atoms with Gasteiger partial charge in [0.05, 0.1) is 24.4 Å². The Morgan fingerprint density at radius 3 is 2.05 bits per heavy atom. The molecule has 0 unspecified atom stereocenters. The number of alkyl carbamates (subject to hydrolysis) is 1. The molecular weight excluding hydrogens is 504 g/mol. The number of rotatable bonds is 9. The van der Waals surface area contributed by atoms with Gasteiger partial charge in [-0.05, 0) is 90.8 Å². The lowest BCUT2D eigenvalue weighted by molar-refractivity contribution is -0.139. The summed E-state index contributed by atoms with van der Waals surface area (Å²) in [6.07, 6.45) is 4.79. The van der Waals surface area contributed by atoms with E-state index in [1.165, 1.54) is 0 Å². The van der Waals surface area contributed by atoms with Crippen LogP contribution < -0.4 is 10.1 Å². The Morgan fingerprint density at radius 2 is 1.51 bits per heavy atom. The molecule has 2 aliphatic rings. The molecule has 10 heteroatoms. The number of nitrogens with zero attached hydrogens (tertiary/aromatic N) is 1. The number of carbonyl (C=O) groups is 3. The van der Waals surface area contributed by atoms with Crippen molar-refractivity contribution in [2.75, 3.05) is 13.1 Å². The Bertz CT molecular complexity index is 943. The summed E-state index contributed by atoms with van der Waals surface area (Å²) >= 11 is 0. The quantitative estimate of drug-likeness (QED) is 0.446. The largest absolute Gasteiger partial charge is 0.490 e. The highest BCUT2D eigenvalue weighted by molar-refractivity contribution is 5.80. The Balaban J connectivity index is 1.38. The average Bonchev–Trinajstić information content (AvgIpc) is 2.85. The van der Waals surface area contributed by atoms with Crippen molar-refractivity contribution in [3.8, 4) is 5.75 Å². The van der Waals surface area contributed by atoms with Crippen LogP contribution >= 0.6 is 0 Å². The fourth-order valence-electron chi connectivity index (χ4n) is 4.79. The van der Waals surface area contributed by atoms with Crippen molar-refractivity contribution in [1.82, 2.24) is 10.2 Å². The number of carboxylic acid groups (broad SMARTS) is 1. The van der Waals surface area contributed by atoms with Crippen LogP contribution in [0.1, 0.15) is 78.7 Å². The second-order valence-electron chi connectivity index (χ2n) is 11.7. The van der Waals surface area contributed by atoms with E-state index in [1.807, 2.05) is 38.1 Å². The van der Waals surface area contributed by atoms with Crippen LogP contribution in [-0.2, 0) is 25.4 Å². The number of likely N-dealkylation sites (tertiary alicyclic amines) is 1. The van der Waals surface area contributed by atoms with Gasteiger partial charge in [-0.2, -0.15) is 0 Å². The molecule has 3 rings (SSSR count). The number of hydrogen-bond donors (Lipinski definition) is 2. The predicted molar refractivity (Wildman–Crippen MR) is 145 cm³/mol. The second kappa shape index (κ2) is 13.9. The molecule has 0 aromatic heterocycles. The Hall–Kier alpha value is -3.01. The normalized spacial score (nSPS) is 21.2. The van der Waals surface area contributed by atoms with Gasteiger partial charge in [-0.25, -0.2) is 14.4 Å². The molecule has 2 fully saturated rings. The van der Waals surface area contributed by atoms with Gasteiger partial charge in [0.1, 0.15) is 17.4 Å². The Labute approximate surface area is 231 Å². The number of carbonyl (C=O) groups excluding carboxylic acids is 2. The first-order valence-electron chi connectivity index (χ1n) is 14.0. The molecule has 1 saturated carbocycles. The van der Waals surface area contributed by atoms with E-state index in [1.54, 1.807) is 25.7 Å². The summed E-state index contributed by atoms with van der Waals surface area (Å²) in [6.45, 7) is 10.2. The molecule has 1 aliphatic heterocycles. The van der Waals surface area contributed by atoms with Crippen LogP contribution in [0, 0.1) is 0 Å². The molecule has 218 valence electrons. The average molecular weight is 549 g/mol. The van der Waals surface area contributed by atoms with Crippen molar-refractivity contribution >= 4 is 18.2 Å². The molecular formula is C29H44N2O8. The molecule has 1 aromatic rings. The fourth-order valence-corrected chi connectivity index (χ4v) is 4.79. The van der Waals surface area contributed by atoms with Crippen LogP contribution in [0.5, 0.6) is 5.75 Å². The Morgan fingerprint density at radius 1 is 0.949 bits per heavy atom. The molecule has 2 amide bonds. The van der Waals surface area contributed by atoms with Crippen molar-refractivity contribution < 1.29 is 38.4 Å². The summed E-state index contributed by atoms with van der Waals surface area (Å²) in [4.78, 5) is 37.5. The lowest BCUT2D eigenvalue weighted by Crippen LogP contribution is -2.44. The van der Waals surface area contributed by atoms with Crippen LogP contribution in [0.15, 0.2) is 24.3 Å². The highest BCUT2D eigenvalue weighted by Crippen LogP contribution is 2.28. The van der Waals surface area contributed by atoms with Crippen molar-refractivity contribution in [2.45, 2.75) is 116 Å². The van der Waals surface area contributed by atoms with Crippen molar-refractivity contribution in [3.05, 3.63) is 29.8 Å². The number of nitrogens with one attached hydrogen (secondary N) is 1. The van der Waals surface area contributed by atoms with Crippen LogP contribution in [0.2, 0.25) is 0 Å². The van der Waals surface area contributed by atoms with Gasteiger partial charge in [0.25, 0.3) is 0 Å². The van der Waals surface area contributed by atoms with E-state index in [2.05, 4.69) is 5.32 Å². The third-order valence-corrected chi connectivity index (χ3v) is 6.70. The standard InChI is InChI=1S/C29H44N2O8/c1-19(2)36-28(35)31-16-14-24(15-17-31)38-23-12-10-22(11-13-23)37-21-8-6-20(7-9-21)18-25(26(32)33)30-27(34)39-29(3,4)5/h6-9,19,22-25H,10-18H2,1-5H3,(H,30,34)(H,32,33)/t22-,23-,25-/m0/s1. The zero-order chi connectivity index (χ0) is 28.6. The van der Waals surface area contributed by atoms with E-state index in [0.717, 1.165) is 49.8 Å². The maximum atomic E-state index is 12.1. The van der Waals surface area contributed by atoms with Gasteiger partial charge in [-0.3, -0.25) is 0 Å². The third kappa shape index (κ3) is 10.6. The fraction of sp³-hybridized carbons (Fsp3) is 0.690. The summed E-state index contributed by atoms with van der Waals surface area (Å²) in [5, 5.41) is 11.9. The number of amides is 2. The van der Waals surface area contributed by atoms with E-state index >= 15 is 0 Å². The molecule has 1 aliphatic carbocycles. The van der Waals surface area contributed by atoms with E-state index in [9.17, 15) is 19.5 Å². The van der Waals surface area contributed by atoms with Gasteiger partial charge < -0.3 is 34.3 Å². The summed E-state index contributed by atoms with van der Waals surface area (Å²) < 4.78 is 23.0. The number of aliphatic carboxylic acids is 1. The molecule has 0 radical (unpaired) electrons. The molecule has 0 spiro atoms. The summed E-state index contributed by atoms with van der Waals surface area (Å²) in [6, 6.07) is 6.22. The van der Waals surface area contributed by atoms with Crippen LogP contribution in [0.3, 0.4) is 0 Å².